The van der Waals surface area contributed by atoms with Gasteiger partial charge in [0, 0.05) is 12.2 Å². The Morgan fingerprint density at radius 2 is 2.36 bits per heavy atom. The van der Waals surface area contributed by atoms with Crippen LogP contribution >= 0.6 is 0 Å². The lowest BCUT2D eigenvalue weighted by molar-refractivity contribution is -0.116. The van der Waals surface area contributed by atoms with E-state index in [-0.39, 0.29) is 5.91 Å². The fraction of sp³-hybridized carbons (Fsp3) is 0.400. The van der Waals surface area contributed by atoms with Gasteiger partial charge in [-0.15, -0.1) is 0 Å². The van der Waals surface area contributed by atoms with Gasteiger partial charge in [0.15, 0.2) is 0 Å². The van der Waals surface area contributed by atoms with Crippen LogP contribution < -0.4 is 16.0 Å². The molecule has 1 fully saturated rings. The number of nitrogens with two attached hydrogens (primary N) is 1. The van der Waals surface area contributed by atoms with E-state index in [0.29, 0.717) is 48.7 Å². The van der Waals surface area contributed by atoms with E-state index in [1.165, 1.54) is 0 Å². The second kappa shape index (κ2) is 5.75. The largest absolute Gasteiger partial charge is 0.400 e. The van der Waals surface area contributed by atoms with Gasteiger partial charge in [-0.3, -0.25) is 9.79 Å². The molecule has 1 amide bonds. The van der Waals surface area contributed by atoms with Crippen LogP contribution in [-0.4, -0.2) is 42.4 Å². The van der Waals surface area contributed by atoms with E-state index < -0.39 is 6.17 Å². The molecule has 0 spiro atoms. The van der Waals surface area contributed by atoms with Gasteiger partial charge in [-0.05, 0) is 25.5 Å². The maximum Gasteiger partial charge on any atom is 0.255 e. The van der Waals surface area contributed by atoms with Crippen molar-refractivity contribution in [3.8, 4) is 0 Å². The van der Waals surface area contributed by atoms with E-state index in [9.17, 15) is 9.18 Å². The number of carbonyl (C=O) groups is 1. The Bertz CT molecular complexity index is 652. The molecule has 7 heteroatoms. The Hall–Kier alpha value is -2.44. The maximum absolute atomic E-state index is 13.2. The first-order valence-corrected chi connectivity index (χ1v) is 7.22. The Morgan fingerprint density at radius 3 is 2.91 bits per heavy atom. The van der Waals surface area contributed by atoms with Crippen LogP contribution in [0.3, 0.4) is 0 Å². The molecule has 3 rings (SSSR count). The normalized spacial score (nSPS) is 22.5. The summed E-state index contributed by atoms with van der Waals surface area (Å²) in [7, 11) is 0. The van der Waals surface area contributed by atoms with Crippen molar-refractivity contribution in [2.24, 2.45) is 10.7 Å². The van der Waals surface area contributed by atoms with Crippen LogP contribution in [0.4, 0.5) is 15.9 Å². The number of halogens is 1. The number of aromatic nitrogens is 1. The molecule has 0 aromatic carbocycles. The molecule has 1 saturated heterocycles. The zero-order chi connectivity index (χ0) is 15.7. The van der Waals surface area contributed by atoms with Gasteiger partial charge in [0.2, 0.25) is 0 Å². The Kier molecular flexibility index (Phi) is 3.79. The molecule has 1 atom stereocenters. The number of nitrogens with zero attached hydrogens (tertiary/aromatic N) is 3. The smallest absolute Gasteiger partial charge is 0.255 e. The average Bonchev–Trinajstić information content (AvgIpc) is 3.06. The molecule has 0 aliphatic carbocycles. The van der Waals surface area contributed by atoms with Gasteiger partial charge in [-0.1, -0.05) is 0 Å². The fourth-order valence-corrected chi connectivity index (χ4v) is 2.70. The van der Waals surface area contributed by atoms with Gasteiger partial charge in [0.05, 0.1) is 36.3 Å². The van der Waals surface area contributed by atoms with E-state index in [4.69, 9.17) is 5.73 Å². The van der Waals surface area contributed by atoms with Gasteiger partial charge in [0.1, 0.15) is 12.0 Å². The lowest BCUT2D eigenvalue weighted by atomic mass is 10.1. The van der Waals surface area contributed by atoms with Gasteiger partial charge in [-0.2, -0.15) is 0 Å². The molecule has 0 unspecified atom stereocenters. The highest BCUT2D eigenvalue weighted by Gasteiger charge is 2.24. The molecule has 2 aliphatic rings. The summed E-state index contributed by atoms with van der Waals surface area (Å²) in [5, 5.41) is 2.66. The highest BCUT2D eigenvalue weighted by atomic mass is 19.1. The van der Waals surface area contributed by atoms with Gasteiger partial charge in [-0.25, -0.2) is 9.37 Å². The summed E-state index contributed by atoms with van der Waals surface area (Å²) in [4.78, 5) is 22.3. The minimum Gasteiger partial charge on any atom is -0.400 e. The van der Waals surface area contributed by atoms with Crippen LogP contribution in [0.15, 0.2) is 34.6 Å². The second-order valence-electron chi connectivity index (χ2n) is 5.49. The molecule has 0 bridgehead atoms. The van der Waals surface area contributed by atoms with Gasteiger partial charge >= 0.3 is 0 Å². The highest BCUT2D eigenvalue weighted by molar-refractivity contribution is 6.23. The molecule has 6 nitrogen and oxygen atoms in total. The predicted molar refractivity (Wildman–Crippen MR) is 83.0 cm³/mol. The maximum atomic E-state index is 13.2. The van der Waals surface area contributed by atoms with Crippen molar-refractivity contribution in [1.29, 1.82) is 0 Å². The number of alkyl halides is 1. The molecule has 22 heavy (non-hydrogen) atoms. The number of carbonyl (C=O) groups excluding carboxylic acids is 1. The van der Waals surface area contributed by atoms with Crippen molar-refractivity contribution < 1.29 is 9.18 Å². The third-order valence-electron chi connectivity index (χ3n) is 3.83. The third kappa shape index (κ3) is 2.79. The minimum atomic E-state index is -0.780. The molecule has 0 radical (unpaired) electrons. The third-order valence-corrected chi connectivity index (χ3v) is 3.83. The number of anilines is 1. The number of amides is 1. The SMILES string of the molecule is CC(=Nc1ccc(N2CC[C@H](F)C2)nc1)C1=C(N)CNC1=O. The monoisotopic (exact) mass is 303 g/mol. The van der Waals surface area contributed by atoms with E-state index in [1.807, 2.05) is 11.0 Å². The van der Waals surface area contributed by atoms with Crippen molar-refractivity contribution in [2.45, 2.75) is 19.5 Å². The highest BCUT2D eigenvalue weighted by Crippen LogP contribution is 2.22. The van der Waals surface area contributed by atoms with Crippen LogP contribution in [0.1, 0.15) is 13.3 Å². The summed E-state index contributed by atoms with van der Waals surface area (Å²) >= 11 is 0. The van der Waals surface area contributed by atoms with Crippen molar-refractivity contribution in [3.05, 3.63) is 29.6 Å². The Morgan fingerprint density at radius 1 is 1.55 bits per heavy atom. The lowest BCUT2D eigenvalue weighted by Gasteiger charge is -2.15. The number of aliphatic imine (C=N–C) groups is 1. The summed E-state index contributed by atoms with van der Waals surface area (Å²) in [5.74, 6) is 0.545. The van der Waals surface area contributed by atoms with Crippen molar-refractivity contribution in [3.63, 3.8) is 0 Å². The Labute approximate surface area is 127 Å². The van der Waals surface area contributed by atoms with Gasteiger partial charge < -0.3 is 16.0 Å². The molecular formula is C15H18FN5O. The number of hydrogen-bond donors (Lipinski definition) is 2. The number of hydrogen-bond acceptors (Lipinski definition) is 5. The van der Waals surface area contributed by atoms with Crippen LogP contribution in [0.2, 0.25) is 0 Å². The Balaban J connectivity index is 1.77. The average molecular weight is 303 g/mol. The standard InChI is InChI=1S/C15H18FN5O/c1-9(14-12(17)7-19-15(14)22)20-11-2-3-13(18-6-11)21-5-4-10(16)8-21/h2-3,6,10H,4-5,7-8,17H2,1H3,(H,19,22)/t10-/m0/s1. The summed E-state index contributed by atoms with van der Waals surface area (Å²) < 4.78 is 13.2. The van der Waals surface area contributed by atoms with Crippen LogP contribution in [0.25, 0.3) is 0 Å². The molecule has 1 aromatic heterocycles. The topological polar surface area (TPSA) is 83.6 Å². The molecule has 1 aromatic rings. The van der Waals surface area contributed by atoms with Crippen LogP contribution in [-0.2, 0) is 4.79 Å². The number of pyridine rings is 1. The van der Waals surface area contributed by atoms with Crippen molar-refractivity contribution >= 4 is 23.1 Å². The fourth-order valence-electron chi connectivity index (χ4n) is 2.70. The minimum absolute atomic E-state index is 0.200. The summed E-state index contributed by atoms with van der Waals surface area (Å²) in [5.41, 5.74) is 7.94. The molecule has 2 aliphatic heterocycles. The quantitative estimate of drug-likeness (QED) is 0.818. The zero-order valence-corrected chi connectivity index (χ0v) is 12.3. The van der Waals surface area contributed by atoms with Crippen LogP contribution in [0.5, 0.6) is 0 Å². The van der Waals surface area contributed by atoms with Crippen LogP contribution in [0, 0.1) is 0 Å². The van der Waals surface area contributed by atoms with Crippen molar-refractivity contribution in [1.82, 2.24) is 10.3 Å². The first kappa shape index (κ1) is 14.5. The van der Waals surface area contributed by atoms with E-state index >= 15 is 0 Å². The summed E-state index contributed by atoms with van der Waals surface area (Å²) in [6.07, 6.45) is 1.38. The van der Waals surface area contributed by atoms with E-state index in [2.05, 4.69) is 15.3 Å². The molecular weight excluding hydrogens is 285 g/mol. The second-order valence-corrected chi connectivity index (χ2v) is 5.49. The predicted octanol–water partition coefficient (Wildman–Crippen LogP) is 1.06. The summed E-state index contributed by atoms with van der Waals surface area (Å²) in [6, 6.07) is 3.62. The molecule has 3 heterocycles. The summed E-state index contributed by atoms with van der Waals surface area (Å²) in [6.45, 7) is 3.17. The zero-order valence-electron chi connectivity index (χ0n) is 12.3. The first-order chi connectivity index (χ1) is 10.5. The van der Waals surface area contributed by atoms with E-state index in [1.54, 1.807) is 19.2 Å². The molecule has 3 N–H and O–H groups in total. The lowest BCUT2D eigenvalue weighted by Crippen LogP contribution is -2.20. The first-order valence-electron chi connectivity index (χ1n) is 7.22. The molecule has 116 valence electrons. The van der Waals surface area contributed by atoms with Gasteiger partial charge in [0.25, 0.3) is 5.91 Å². The van der Waals surface area contributed by atoms with E-state index in [0.717, 1.165) is 5.82 Å². The number of rotatable bonds is 3. The molecule has 0 saturated carbocycles. The number of nitrogens with one attached hydrogen (secondary N) is 1. The van der Waals surface area contributed by atoms with Crippen molar-refractivity contribution in [2.75, 3.05) is 24.5 Å².